The maximum absolute atomic E-state index is 12.0. The average Bonchev–Trinajstić information content (AvgIpc) is 2.94. The number of nitrogens with zero attached hydrogens (tertiary/aromatic N) is 1. The van der Waals surface area contributed by atoms with Gasteiger partial charge in [-0.25, -0.2) is 12.7 Å². The number of carbonyl (C=O) groups is 1. The molecule has 0 aliphatic carbocycles. The molecule has 1 aromatic carbocycles. The molecule has 0 bridgehead atoms. The van der Waals surface area contributed by atoms with Crippen molar-refractivity contribution in [2.45, 2.75) is 19.3 Å². The van der Waals surface area contributed by atoms with Gasteiger partial charge in [0.25, 0.3) is 0 Å². The van der Waals surface area contributed by atoms with E-state index in [1.54, 1.807) is 12.1 Å². The fraction of sp³-hybridized carbons (Fsp3) is 0.462. The first-order valence-electron chi connectivity index (χ1n) is 6.51. The molecule has 5 nitrogen and oxygen atoms in total. The van der Waals surface area contributed by atoms with Crippen LogP contribution in [0.2, 0.25) is 0 Å². The van der Waals surface area contributed by atoms with Crippen LogP contribution in [-0.2, 0) is 14.8 Å². The summed E-state index contributed by atoms with van der Waals surface area (Å²) in [6.07, 6.45) is 1.80. The van der Waals surface area contributed by atoms with Crippen LogP contribution in [0, 0.1) is 0 Å². The molecule has 1 N–H and O–H groups in total. The molecule has 2 rings (SSSR count). The fourth-order valence-corrected chi connectivity index (χ4v) is 3.85. The molecule has 1 amide bonds. The molecular weight excluding hydrogens is 344 g/mol. The van der Waals surface area contributed by atoms with Crippen LogP contribution in [0.4, 0.5) is 5.69 Å². The van der Waals surface area contributed by atoms with E-state index in [9.17, 15) is 13.2 Å². The maximum Gasteiger partial charge on any atom is 0.225 e. The van der Waals surface area contributed by atoms with E-state index in [2.05, 4.69) is 21.2 Å². The smallest absolute Gasteiger partial charge is 0.225 e. The van der Waals surface area contributed by atoms with Gasteiger partial charge in [0.15, 0.2) is 0 Å². The standard InChI is InChI=1S/C13H17BrN2O3S/c14-11-3-5-12(6-4-11)15-13(17)7-10-20(18,19)16-8-1-2-9-16/h3-6H,1-2,7-10H2,(H,15,17). The molecule has 0 saturated carbocycles. The topological polar surface area (TPSA) is 66.5 Å². The van der Waals surface area contributed by atoms with E-state index in [0.717, 1.165) is 17.3 Å². The first-order valence-corrected chi connectivity index (χ1v) is 8.91. The van der Waals surface area contributed by atoms with Crippen LogP contribution in [0.1, 0.15) is 19.3 Å². The Morgan fingerprint density at radius 2 is 1.80 bits per heavy atom. The second-order valence-electron chi connectivity index (χ2n) is 4.73. The highest BCUT2D eigenvalue weighted by molar-refractivity contribution is 9.10. The van der Waals surface area contributed by atoms with Crippen molar-refractivity contribution in [3.8, 4) is 0 Å². The van der Waals surface area contributed by atoms with Crippen molar-refractivity contribution in [1.82, 2.24) is 4.31 Å². The number of halogens is 1. The number of amides is 1. The number of sulfonamides is 1. The summed E-state index contributed by atoms with van der Waals surface area (Å²) in [6.45, 7) is 1.16. The number of benzene rings is 1. The van der Waals surface area contributed by atoms with Crippen LogP contribution in [0.15, 0.2) is 28.7 Å². The lowest BCUT2D eigenvalue weighted by atomic mass is 10.3. The number of hydrogen-bond donors (Lipinski definition) is 1. The number of hydrogen-bond acceptors (Lipinski definition) is 3. The quantitative estimate of drug-likeness (QED) is 0.875. The Hall–Kier alpha value is -0.920. The fourth-order valence-electron chi connectivity index (χ4n) is 2.07. The van der Waals surface area contributed by atoms with Gasteiger partial charge in [-0.2, -0.15) is 0 Å². The van der Waals surface area contributed by atoms with Gasteiger partial charge in [0.1, 0.15) is 0 Å². The third-order valence-electron chi connectivity index (χ3n) is 3.17. The molecule has 0 radical (unpaired) electrons. The normalized spacial score (nSPS) is 16.2. The van der Waals surface area contributed by atoms with Gasteiger partial charge < -0.3 is 5.32 Å². The molecule has 1 aliphatic heterocycles. The second-order valence-corrected chi connectivity index (χ2v) is 7.73. The molecule has 0 atom stereocenters. The summed E-state index contributed by atoms with van der Waals surface area (Å²) in [5.41, 5.74) is 0.664. The number of rotatable bonds is 5. The van der Waals surface area contributed by atoms with Crippen LogP contribution in [0.5, 0.6) is 0 Å². The van der Waals surface area contributed by atoms with E-state index in [1.165, 1.54) is 4.31 Å². The van der Waals surface area contributed by atoms with Gasteiger partial charge in [0.05, 0.1) is 5.75 Å². The lowest BCUT2D eigenvalue weighted by molar-refractivity contribution is -0.115. The van der Waals surface area contributed by atoms with Crippen molar-refractivity contribution in [2.24, 2.45) is 0 Å². The number of carbonyl (C=O) groups excluding carboxylic acids is 1. The Balaban J connectivity index is 1.84. The first kappa shape index (κ1) is 15.5. The van der Waals surface area contributed by atoms with Crippen LogP contribution < -0.4 is 5.32 Å². The van der Waals surface area contributed by atoms with Crippen LogP contribution in [0.25, 0.3) is 0 Å². The van der Waals surface area contributed by atoms with Crippen molar-refractivity contribution >= 4 is 37.5 Å². The third-order valence-corrected chi connectivity index (χ3v) is 5.57. The van der Waals surface area contributed by atoms with Gasteiger partial charge in [0, 0.05) is 29.7 Å². The van der Waals surface area contributed by atoms with Crippen LogP contribution in [-0.4, -0.2) is 37.5 Å². The summed E-state index contributed by atoms with van der Waals surface area (Å²) >= 11 is 3.31. The number of anilines is 1. The van der Waals surface area contributed by atoms with Crippen molar-refractivity contribution < 1.29 is 13.2 Å². The molecule has 20 heavy (non-hydrogen) atoms. The molecule has 7 heteroatoms. The molecule has 0 aromatic heterocycles. The van der Waals surface area contributed by atoms with E-state index in [4.69, 9.17) is 0 Å². The molecule has 1 aliphatic rings. The lowest BCUT2D eigenvalue weighted by Crippen LogP contribution is -2.31. The summed E-state index contributed by atoms with van der Waals surface area (Å²) in [7, 11) is -3.29. The lowest BCUT2D eigenvalue weighted by Gasteiger charge is -2.15. The SMILES string of the molecule is O=C(CCS(=O)(=O)N1CCCC1)Nc1ccc(Br)cc1. The molecule has 1 heterocycles. The zero-order valence-corrected chi connectivity index (χ0v) is 13.4. The minimum absolute atomic E-state index is 0.0190. The molecule has 1 aromatic rings. The highest BCUT2D eigenvalue weighted by atomic mass is 79.9. The Kier molecular flexibility index (Phi) is 5.17. The molecule has 110 valence electrons. The van der Waals surface area contributed by atoms with Gasteiger partial charge in [0.2, 0.25) is 15.9 Å². The van der Waals surface area contributed by atoms with Crippen molar-refractivity contribution in [1.29, 1.82) is 0 Å². The summed E-state index contributed by atoms with van der Waals surface area (Å²) in [4.78, 5) is 11.8. The average molecular weight is 361 g/mol. The van der Waals surface area contributed by atoms with Crippen molar-refractivity contribution in [3.05, 3.63) is 28.7 Å². The van der Waals surface area contributed by atoms with E-state index >= 15 is 0 Å². The summed E-state index contributed by atoms with van der Waals surface area (Å²) in [5, 5.41) is 2.69. The van der Waals surface area contributed by atoms with Gasteiger partial charge in [-0.05, 0) is 37.1 Å². The Bertz CT molecular complexity index is 566. The summed E-state index contributed by atoms with van der Waals surface area (Å²) < 4.78 is 26.3. The van der Waals surface area contributed by atoms with Gasteiger partial charge in [-0.1, -0.05) is 15.9 Å². The Morgan fingerprint density at radius 3 is 2.40 bits per heavy atom. The predicted molar refractivity (Wildman–Crippen MR) is 82.0 cm³/mol. The zero-order chi connectivity index (χ0) is 14.6. The van der Waals surface area contributed by atoms with Gasteiger partial charge >= 0.3 is 0 Å². The summed E-state index contributed by atoms with van der Waals surface area (Å²) in [6, 6.07) is 7.15. The second kappa shape index (κ2) is 6.69. The Morgan fingerprint density at radius 1 is 1.20 bits per heavy atom. The number of nitrogens with one attached hydrogen (secondary N) is 1. The maximum atomic E-state index is 12.0. The highest BCUT2D eigenvalue weighted by Crippen LogP contribution is 2.16. The van der Waals surface area contributed by atoms with E-state index < -0.39 is 10.0 Å². The zero-order valence-electron chi connectivity index (χ0n) is 11.0. The first-order chi connectivity index (χ1) is 9.47. The van der Waals surface area contributed by atoms with E-state index in [-0.39, 0.29) is 18.1 Å². The van der Waals surface area contributed by atoms with Crippen LogP contribution in [0.3, 0.4) is 0 Å². The summed E-state index contributed by atoms with van der Waals surface area (Å²) in [5.74, 6) is -0.412. The van der Waals surface area contributed by atoms with Crippen LogP contribution >= 0.6 is 15.9 Å². The third kappa shape index (κ3) is 4.29. The molecule has 0 unspecified atom stereocenters. The van der Waals surface area contributed by atoms with E-state index in [1.807, 2.05) is 12.1 Å². The van der Waals surface area contributed by atoms with Crippen molar-refractivity contribution in [2.75, 3.05) is 24.2 Å². The van der Waals surface area contributed by atoms with E-state index in [0.29, 0.717) is 18.8 Å². The highest BCUT2D eigenvalue weighted by Gasteiger charge is 2.25. The monoisotopic (exact) mass is 360 g/mol. The minimum Gasteiger partial charge on any atom is -0.326 e. The molecule has 0 spiro atoms. The molecule has 1 fully saturated rings. The van der Waals surface area contributed by atoms with Crippen molar-refractivity contribution in [3.63, 3.8) is 0 Å². The molecular formula is C13H17BrN2O3S. The minimum atomic E-state index is -3.29. The molecule has 1 saturated heterocycles. The Labute approximate surface area is 127 Å². The largest absolute Gasteiger partial charge is 0.326 e. The predicted octanol–water partition coefficient (Wildman–Crippen LogP) is 2.20. The van der Waals surface area contributed by atoms with Gasteiger partial charge in [-0.3, -0.25) is 4.79 Å². The van der Waals surface area contributed by atoms with Gasteiger partial charge in [-0.15, -0.1) is 0 Å².